The highest BCUT2D eigenvalue weighted by Gasteiger charge is 2.05. The lowest BCUT2D eigenvalue weighted by Crippen LogP contribution is -2.29. The predicted molar refractivity (Wildman–Crippen MR) is 77.9 cm³/mol. The van der Waals surface area contributed by atoms with Crippen LogP contribution in [0.5, 0.6) is 5.75 Å². The molecule has 1 amide bonds. The minimum absolute atomic E-state index is 0.142. The van der Waals surface area contributed by atoms with E-state index in [0.29, 0.717) is 12.2 Å². The van der Waals surface area contributed by atoms with E-state index in [9.17, 15) is 9.90 Å². The Kier molecular flexibility index (Phi) is 4.65. The van der Waals surface area contributed by atoms with Gasteiger partial charge in [-0.15, -0.1) is 11.8 Å². The predicted octanol–water partition coefficient (Wildman–Crippen LogP) is 2.41. The lowest BCUT2D eigenvalue weighted by Gasteiger charge is -2.07. The molecule has 0 aromatic heterocycles. The molecule has 100 valence electrons. The Labute approximate surface area is 116 Å². The number of amides is 1. The molecule has 2 aromatic rings. The fraction of sp³-hybridized carbons (Fsp3) is 0.214. The summed E-state index contributed by atoms with van der Waals surface area (Å²) in [5, 5.41) is 11.7. The van der Waals surface area contributed by atoms with E-state index in [0.717, 1.165) is 27.8 Å². The Balaban J connectivity index is 2.05. The van der Waals surface area contributed by atoms with Crippen LogP contribution in [0.4, 0.5) is 0 Å². The highest BCUT2D eigenvalue weighted by Crippen LogP contribution is 2.33. The standard InChI is InChI=1S/C14H16N2O2S/c15-16-14(18)6-3-9-19-13-8-7-12(17)10-4-1-2-5-11(10)13/h1-2,4-5,7-8,17H,3,6,9,15H2,(H,16,18). The number of phenolic OH excluding ortho intramolecular Hbond substituents is 1. The second-order valence-electron chi connectivity index (χ2n) is 4.15. The maximum absolute atomic E-state index is 11.0. The van der Waals surface area contributed by atoms with Gasteiger partial charge in [-0.3, -0.25) is 10.2 Å². The van der Waals surface area contributed by atoms with Crippen LogP contribution < -0.4 is 11.3 Å². The quantitative estimate of drug-likeness (QED) is 0.258. The van der Waals surface area contributed by atoms with Crippen LogP contribution in [0.15, 0.2) is 41.3 Å². The van der Waals surface area contributed by atoms with E-state index in [-0.39, 0.29) is 5.91 Å². The lowest BCUT2D eigenvalue weighted by atomic mass is 10.1. The van der Waals surface area contributed by atoms with Crippen molar-refractivity contribution in [2.24, 2.45) is 5.84 Å². The number of hydrazine groups is 1. The summed E-state index contributed by atoms with van der Waals surface area (Å²) < 4.78 is 0. The average Bonchev–Trinajstić information content (AvgIpc) is 2.45. The number of nitrogens with two attached hydrogens (primary N) is 1. The molecule has 19 heavy (non-hydrogen) atoms. The zero-order valence-corrected chi connectivity index (χ0v) is 11.2. The minimum Gasteiger partial charge on any atom is -0.507 e. The SMILES string of the molecule is NNC(=O)CCCSc1ccc(O)c2ccccc12. The molecule has 0 bridgehead atoms. The number of carbonyl (C=O) groups excluding carboxylic acids is 1. The number of thioether (sulfide) groups is 1. The molecule has 5 heteroatoms. The van der Waals surface area contributed by atoms with Crippen molar-refractivity contribution in [1.82, 2.24) is 5.43 Å². The third-order valence-corrected chi connectivity index (χ3v) is 3.99. The van der Waals surface area contributed by atoms with Gasteiger partial charge in [0, 0.05) is 16.7 Å². The summed E-state index contributed by atoms with van der Waals surface area (Å²) in [5.74, 6) is 6.01. The van der Waals surface area contributed by atoms with Crippen LogP contribution in [-0.2, 0) is 4.79 Å². The molecule has 2 aromatic carbocycles. The maximum Gasteiger partial charge on any atom is 0.233 e. The van der Waals surface area contributed by atoms with E-state index in [1.165, 1.54) is 0 Å². The van der Waals surface area contributed by atoms with Crippen LogP contribution >= 0.6 is 11.8 Å². The van der Waals surface area contributed by atoms with Gasteiger partial charge >= 0.3 is 0 Å². The van der Waals surface area contributed by atoms with Gasteiger partial charge in [0.15, 0.2) is 0 Å². The van der Waals surface area contributed by atoms with Crippen LogP contribution in [0.3, 0.4) is 0 Å². The number of hydrogen-bond donors (Lipinski definition) is 3. The Morgan fingerprint density at radius 3 is 2.68 bits per heavy atom. The van der Waals surface area contributed by atoms with Gasteiger partial charge < -0.3 is 5.11 Å². The van der Waals surface area contributed by atoms with Gasteiger partial charge in [-0.25, -0.2) is 5.84 Å². The first-order valence-corrected chi connectivity index (χ1v) is 7.04. The molecule has 0 fully saturated rings. The Morgan fingerprint density at radius 1 is 1.21 bits per heavy atom. The maximum atomic E-state index is 11.0. The molecule has 0 aliphatic heterocycles. The van der Waals surface area contributed by atoms with Crippen molar-refractivity contribution >= 4 is 28.4 Å². The molecule has 0 aliphatic carbocycles. The number of phenols is 1. The van der Waals surface area contributed by atoms with Crippen molar-refractivity contribution in [2.75, 3.05) is 5.75 Å². The van der Waals surface area contributed by atoms with Crippen molar-refractivity contribution < 1.29 is 9.90 Å². The van der Waals surface area contributed by atoms with Crippen LogP contribution in [0.25, 0.3) is 10.8 Å². The fourth-order valence-corrected chi connectivity index (χ4v) is 2.87. The molecule has 2 rings (SSSR count). The highest BCUT2D eigenvalue weighted by molar-refractivity contribution is 7.99. The molecule has 0 spiro atoms. The lowest BCUT2D eigenvalue weighted by molar-refractivity contribution is -0.121. The van der Waals surface area contributed by atoms with E-state index >= 15 is 0 Å². The minimum atomic E-state index is -0.142. The second-order valence-corrected chi connectivity index (χ2v) is 5.28. The Bertz CT molecular complexity index is 587. The molecule has 0 radical (unpaired) electrons. The topological polar surface area (TPSA) is 75.3 Å². The number of hydrogen-bond acceptors (Lipinski definition) is 4. The molecular formula is C14H16N2O2S. The zero-order valence-electron chi connectivity index (χ0n) is 10.4. The molecule has 0 heterocycles. The summed E-state index contributed by atoms with van der Waals surface area (Å²) in [4.78, 5) is 12.1. The average molecular weight is 276 g/mol. The van der Waals surface area contributed by atoms with Gasteiger partial charge in [0.25, 0.3) is 0 Å². The Hall–Kier alpha value is -1.72. The summed E-state index contributed by atoms with van der Waals surface area (Å²) in [5.41, 5.74) is 2.12. The summed E-state index contributed by atoms with van der Waals surface area (Å²) in [6.07, 6.45) is 1.20. The van der Waals surface area contributed by atoms with Gasteiger partial charge in [-0.05, 0) is 29.7 Å². The van der Waals surface area contributed by atoms with Gasteiger partial charge in [0.1, 0.15) is 5.75 Å². The van der Waals surface area contributed by atoms with E-state index in [2.05, 4.69) is 5.43 Å². The third-order valence-electron chi connectivity index (χ3n) is 2.83. The monoisotopic (exact) mass is 276 g/mol. The molecule has 4 N–H and O–H groups in total. The van der Waals surface area contributed by atoms with E-state index < -0.39 is 0 Å². The molecule has 0 aliphatic rings. The van der Waals surface area contributed by atoms with Crippen molar-refractivity contribution in [3.63, 3.8) is 0 Å². The van der Waals surface area contributed by atoms with E-state index in [4.69, 9.17) is 5.84 Å². The first kappa shape index (κ1) is 13.7. The summed E-state index contributed by atoms with van der Waals surface area (Å²) >= 11 is 1.68. The number of carbonyl (C=O) groups is 1. The second kappa shape index (κ2) is 6.45. The van der Waals surface area contributed by atoms with Gasteiger partial charge in [-0.1, -0.05) is 24.3 Å². The molecule has 0 unspecified atom stereocenters. The molecular weight excluding hydrogens is 260 g/mol. The number of fused-ring (bicyclic) bond motifs is 1. The van der Waals surface area contributed by atoms with Crippen LogP contribution in [0.2, 0.25) is 0 Å². The normalized spacial score (nSPS) is 10.6. The summed E-state index contributed by atoms with van der Waals surface area (Å²) in [6, 6.07) is 11.4. The summed E-state index contributed by atoms with van der Waals surface area (Å²) in [7, 11) is 0. The third kappa shape index (κ3) is 3.39. The van der Waals surface area contributed by atoms with Gasteiger partial charge in [0.05, 0.1) is 0 Å². The van der Waals surface area contributed by atoms with Crippen molar-refractivity contribution in [1.29, 1.82) is 0 Å². The summed E-state index contributed by atoms with van der Waals surface area (Å²) in [6.45, 7) is 0. The highest BCUT2D eigenvalue weighted by atomic mass is 32.2. The van der Waals surface area contributed by atoms with Crippen molar-refractivity contribution in [3.8, 4) is 5.75 Å². The number of benzene rings is 2. The smallest absolute Gasteiger partial charge is 0.233 e. The van der Waals surface area contributed by atoms with Crippen molar-refractivity contribution in [3.05, 3.63) is 36.4 Å². The van der Waals surface area contributed by atoms with Crippen LogP contribution in [0, 0.1) is 0 Å². The number of nitrogens with one attached hydrogen (secondary N) is 1. The van der Waals surface area contributed by atoms with E-state index in [1.807, 2.05) is 30.3 Å². The van der Waals surface area contributed by atoms with Gasteiger partial charge in [0.2, 0.25) is 5.91 Å². The van der Waals surface area contributed by atoms with Gasteiger partial charge in [-0.2, -0.15) is 0 Å². The number of rotatable bonds is 5. The number of aromatic hydroxyl groups is 1. The first-order chi connectivity index (χ1) is 9.22. The Morgan fingerprint density at radius 2 is 1.95 bits per heavy atom. The van der Waals surface area contributed by atoms with Crippen LogP contribution in [-0.4, -0.2) is 16.8 Å². The molecule has 0 atom stereocenters. The first-order valence-electron chi connectivity index (χ1n) is 6.05. The fourth-order valence-electron chi connectivity index (χ4n) is 1.87. The van der Waals surface area contributed by atoms with Crippen LogP contribution in [0.1, 0.15) is 12.8 Å². The molecule has 0 saturated carbocycles. The van der Waals surface area contributed by atoms with E-state index in [1.54, 1.807) is 17.8 Å². The molecule has 0 saturated heterocycles. The zero-order chi connectivity index (χ0) is 13.7. The largest absolute Gasteiger partial charge is 0.507 e. The van der Waals surface area contributed by atoms with Crippen molar-refractivity contribution in [2.45, 2.75) is 17.7 Å². The molecule has 4 nitrogen and oxygen atoms in total.